The van der Waals surface area contributed by atoms with Crippen LogP contribution >= 0.6 is 11.8 Å². The van der Waals surface area contributed by atoms with Gasteiger partial charge in [-0.05, 0) is 29.9 Å². The molecule has 0 atom stereocenters. The number of aromatic nitrogens is 1. The molecule has 0 spiro atoms. The predicted molar refractivity (Wildman–Crippen MR) is 78.5 cm³/mol. The van der Waals surface area contributed by atoms with Gasteiger partial charge in [0.1, 0.15) is 0 Å². The average molecular weight is 248 g/mol. The summed E-state index contributed by atoms with van der Waals surface area (Å²) in [5.74, 6) is 1.07. The molecule has 1 aromatic heterocycles. The summed E-state index contributed by atoms with van der Waals surface area (Å²) in [7, 11) is 0. The Morgan fingerprint density at radius 3 is 2.76 bits per heavy atom. The fourth-order valence-electron chi connectivity index (χ4n) is 2.02. The van der Waals surface area contributed by atoms with Crippen molar-refractivity contribution < 1.29 is 0 Å². The fourth-order valence-corrected chi connectivity index (χ4v) is 2.76. The molecule has 0 radical (unpaired) electrons. The zero-order chi connectivity index (χ0) is 12.4. The van der Waals surface area contributed by atoms with Gasteiger partial charge in [0.2, 0.25) is 0 Å². The number of hydrogen-bond donors (Lipinski definition) is 1. The molecular formula is C14H20N2S. The highest BCUT2D eigenvalue weighted by Gasteiger charge is 2.08. The molecule has 0 aliphatic rings. The molecule has 2 nitrogen and oxygen atoms in total. The van der Waals surface area contributed by atoms with Crippen LogP contribution in [0.3, 0.4) is 0 Å². The molecule has 0 bridgehead atoms. The number of nitrogens with two attached hydrogens (primary N) is 1. The molecule has 0 saturated heterocycles. The van der Waals surface area contributed by atoms with Crippen molar-refractivity contribution in [1.29, 1.82) is 0 Å². The van der Waals surface area contributed by atoms with Crippen molar-refractivity contribution in [3.8, 4) is 0 Å². The minimum Gasteiger partial charge on any atom is -0.399 e. The molecule has 0 amide bonds. The van der Waals surface area contributed by atoms with Crippen LogP contribution < -0.4 is 5.73 Å². The monoisotopic (exact) mass is 248 g/mol. The first-order valence-electron chi connectivity index (χ1n) is 6.10. The average Bonchev–Trinajstić information content (AvgIpc) is 2.63. The van der Waals surface area contributed by atoms with Gasteiger partial charge in [-0.2, -0.15) is 11.8 Å². The van der Waals surface area contributed by atoms with Gasteiger partial charge in [0.15, 0.2) is 0 Å². The van der Waals surface area contributed by atoms with E-state index in [4.69, 9.17) is 5.73 Å². The van der Waals surface area contributed by atoms with E-state index in [2.05, 4.69) is 43.7 Å². The normalized spacial score (nSPS) is 11.5. The largest absolute Gasteiger partial charge is 0.399 e. The molecule has 1 aromatic carbocycles. The van der Waals surface area contributed by atoms with Crippen LogP contribution in [0, 0.1) is 0 Å². The molecule has 92 valence electrons. The third kappa shape index (κ3) is 2.60. The van der Waals surface area contributed by atoms with Crippen molar-refractivity contribution in [3.05, 3.63) is 30.0 Å². The lowest BCUT2D eigenvalue weighted by molar-refractivity contribution is 0.795. The molecule has 17 heavy (non-hydrogen) atoms. The van der Waals surface area contributed by atoms with E-state index in [1.165, 1.54) is 16.5 Å². The first-order valence-corrected chi connectivity index (χ1v) is 7.15. The van der Waals surface area contributed by atoms with E-state index in [0.29, 0.717) is 5.25 Å². The number of thioether (sulfide) groups is 1. The number of rotatable bonds is 4. The Morgan fingerprint density at radius 1 is 1.35 bits per heavy atom. The summed E-state index contributed by atoms with van der Waals surface area (Å²) in [6.45, 7) is 7.64. The zero-order valence-corrected chi connectivity index (χ0v) is 11.6. The Labute approximate surface area is 107 Å². The highest BCUT2D eigenvalue weighted by atomic mass is 32.2. The third-order valence-corrected chi connectivity index (χ3v) is 4.05. The van der Waals surface area contributed by atoms with E-state index in [1.54, 1.807) is 0 Å². The van der Waals surface area contributed by atoms with Crippen LogP contribution in [0.1, 0.15) is 26.3 Å². The number of hydrogen-bond acceptors (Lipinski definition) is 2. The maximum absolute atomic E-state index is 5.86. The van der Waals surface area contributed by atoms with Crippen molar-refractivity contribution in [2.24, 2.45) is 0 Å². The number of fused-ring (bicyclic) bond motifs is 1. The third-order valence-electron chi connectivity index (χ3n) is 2.90. The van der Waals surface area contributed by atoms with Crippen molar-refractivity contribution in [3.63, 3.8) is 0 Å². The molecule has 0 fully saturated rings. The van der Waals surface area contributed by atoms with Crippen LogP contribution in [-0.4, -0.2) is 9.82 Å². The zero-order valence-electron chi connectivity index (χ0n) is 10.7. The van der Waals surface area contributed by atoms with E-state index >= 15 is 0 Å². The molecule has 3 heteroatoms. The van der Waals surface area contributed by atoms with Crippen LogP contribution in [0.2, 0.25) is 0 Å². The molecule has 1 heterocycles. The standard InChI is InChI=1S/C14H20N2S/c1-4-16-8-11(9-17-10(2)3)13-6-5-12(15)7-14(13)16/h5-8,10H,4,9,15H2,1-3H3. The second kappa shape index (κ2) is 5.05. The van der Waals surface area contributed by atoms with E-state index in [0.717, 1.165) is 18.0 Å². The first-order chi connectivity index (χ1) is 8.11. The molecule has 0 saturated carbocycles. The van der Waals surface area contributed by atoms with Gasteiger partial charge in [-0.25, -0.2) is 0 Å². The molecule has 2 N–H and O–H groups in total. The van der Waals surface area contributed by atoms with Crippen molar-refractivity contribution in [2.75, 3.05) is 5.73 Å². The molecule has 0 aliphatic heterocycles. The second-order valence-electron chi connectivity index (χ2n) is 4.58. The van der Waals surface area contributed by atoms with Crippen molar-refractivity contribution in [2.45, 2.75) is 38.3 Å². The van der Waals surface area contributed by atoms with E-state index < -0.39 is 0 Å². The number of anilines is 1. The Bertz CT molecular complexity index is 514. The Hall–Kier alpha value is -1.09. The lowest BCUT2D eigenvalue weighted by atomic mass is 10.2. The summed E-state index contributed by atoms with van der Waals surface area (Å²) in [6, 6.07) is 6.21. The quantitative estimate of drug-likeness (QED) is 0.832. The summed E-state index contributed by atoms with van der Waals surface area (Å²) in [5.41, 5.74) is 9.37. The maximum Gasteiger partial charge on any atom is 0.0504 e. The summed E-state index contributed by atoms with van der Waals surface area (Å²) in [4.78, 5) is 0. The van der Waals surface area contributed by atoms with Crippen molar-refractivity contribution in [1.82, 2.24) is 4.57 Å². The molecule has 2 rings (SSSR count). The number of benzene rings is 1. The molecule has 2 aromatic rings. The van der Waals surface area contributed by atoms with Crippen LogP contribution in [0.25, 0.3) is 10.9 Å². The maximum atomic E-state index is 5.86. The minimum absolute atomic E-state index is 0.670. The van der Waals surface area contributed by atoms with Crippen LogP contribution in [0.15, 0.2) is 24.4 Å². The van der Waals surface area contributed by atoms with E-state index in [-0.39, 0.29) is 0 Å². The minimum atomic E-state index is 0.670. The Kier molecular flexibility index (Phi) is 3.67. The lowest BCUT2D eigenvalue weighted by Gasteiger charge is -2.03. The SMILES string of the molecule is CCn1cc(CSC(C)C)c2ccc(N)cc21. The Morgan fingerprint density at radius 2 is 2.12 bits per heavy atom. The lowest BCUT2D eigenvalue weighted by Crippen LogP contribution is -1.91. The summed E-state index contributed by atoms with van der Waals surface area (Å²) < 4.78 is 2.28. The summed E-state index contributed by atoms with van der Waals surface area (Å²) in [6.07, 6.45) is 2.26. The Balaban J connectivity index is 2.42. The smallest absolute Gasteiger partial charge is 0.0504 e. The molecule has 0 aliphatic carbocycles. The van der Waals surface area contributed by atoms with Gasteiger partial charge in [-0.15, -0.1) is 0 Å². The second-order valence-corrected chi connectivity index (χ2v) is 6.14. The summed E-state index contributed by atoms with van der Waals surface area (Å²) >= 11 is 1.98. The van der Waals surface area contributed by atoms with Gasteiger partial charge in [0.25, 0.3) is 0 Å². The van der Waals surface area contributed by atoms with Gasteiger partial charge in [0.05, 0.1) is 5.52 Å². The van der Waals surface area contributed by atoms with E-state index in [9.17, 15) is 0 Å². The number of nitrogens with zero attached hydrogens (tertiary/aromatic N) is 1. The van der Waals surface area contributed by atoms with E-state index in [1.807, 2.05) is 17.8 Å². The first kappa shape index (κ1) is 12.4. The van der Waals surface area contributed by atoms with Crippen LogP contribution in [-0.2, 0) is 12.3 Å². The summed E-state index contributed by atoms with van der Waals surface area (Å²) in [5, 5.41) is 2.01. The van der Waals surface area contributed by atoms with Crippen LogP contribution in [0.4, 0.5) is 5.69 Å². The fraction of sp³-hybridized carbons (Fsp3) is 0.429. The highest BCUT2D eigenvalue weighted by Crippen LogP contribution is 2.28. The van der Waals surface area contributed by atoms with Gasteiger partial charge in [-0.1, -0.05) is 19.9 Å². The predicted octanol–water partition coefficient (Wildman–Crippen LogP) is 3.89. The van der Waals surface area contributed by atoms with Gasteiger partial charge in [0, 0.05) is 29.6 Å². The van der Waals surface area contributed by atoms with Crippen molar-refractivity contribution >= 4 is 28.4 Å². The topological polar surface area (TPSA) is 30.9 Å². The number of aryl methyl sites for hydroxylation is 1. The number of nitrogen functional groups attached to an aromatic ring is 1. The van der Waals surface area contributed by atoms with Gasteiger partial charge in [-0.3, -0.25) is 0 Å². The van der Waals surface area contributed by atoms with Gasteiger partial charge < -0.3 is 10.3 Å². The highest BCUT2D eigenvalue weighted by molar-refractivity contribution is 7.99. The van der Waals surface area contributed by atoms with Gasteiger partial charge >= 0.3 is 0 Å². The molecular weight excluding hydrogens is 228 g/mol. The van der Waals surface area contributed by atoms with Crippen LogP contribution in [0.5, 0.6) is 0 Å². The molecule has 0 unspecified atom stereocenters.